The Morgan fingerprint density at radius 2 is 2.09 bits per heavy atom. The molecule has 66 valence electrons. The Morgan fingerprint density at radius 3 is 2.55 bits per heavy atom. The van der Waals surface area contributed by atoms with Gasteiger partial charge in [0.05, 0.1) is 13.2 Å². The van der Waals surface area contributed by atoms with Crippen molar-refractivity contribution in [1.82, 2.24) is 5.48 Å². The normalized spacial score (nSPS) is 11.1. The van der Waals surface area contributed by atoms with E-state index in [1.54, 1.807) is 0 Å². The van der Waals surface area contributed by atoms with Crippen LogP contribution < -0.4 is 5.48 Å². The molecule has 8 heteroatoms. The van der Waals surface area contributed by atoms with Crippen LogP contribution >= 0.6 is 7.82 Å². The maximum Gasteiger partial charge on any atom is 0.469 e. The fraction of sp³-hybridized carbons (Fsp3) is 0.667. The van der Waals surface area contributed by atoms with Crippen LogP contribution in [0.25, 0.3) is 0 Å². The van der Waals surface area contributed by atoms with Gasteiger partial charge < -0.3 is 9.79 Å². The predicted molar refractivity (Wildman–Crippen MR) is 33.1 cm³/mol. The lowest BCUT2D eigenvalue weighted by Gasteiger charge is -2.03. The van der Waals surface area contributed by atoms with Gasteiger partial charge in [-0.15, -0.1) is 0 Å². The molecule has 1 amide bonds. The standard InChI is InChI=1S/C3H8NO6P/c5-3-4-9-1-2-10-11(6,7)8/h3H,1-2H2,(H,4,5)(H2,6,7,8). The van der Waals surface area contributed by atoms with Crippen molar-refractivity contribution in [3.05, 3.63) is 0 Å². The van der Waals surface area contributed by atoms with Crippen LogP contribution in [0.5, 0.6) is 0 Å². The fourth-order valence-electron chi connectivity index (χ4n) is 0.291. The molecule has 0 radical (unpaired) electrons. The molecule has 0 bridgehead atoms. The third-order valence-electron chi connectivity index (χ3n) is 0.576. The minimum absolute atomic E-state index is 0.121. The zero-order valence-electron chi connectivity index (χ0n) is 5.47. The van der Waals surface area contributed by atoms with Crippen molar-refractivity contribution in [2.24, 2.45) is 0 Å². The third kappa shape index (κ3) is 9.54. The quantitative estimate of drug-likeness (QED) is 0.207. The molecule has 0 heterocycles. The molecule has 11 heavy (non-hydrogen) atoms. The van der Waals surface area contributed by atoms with E-state index in [-0.39, 0.29) is 19.6 Å². The van der Waals surface area contributed by atoms with Gasteiger partial charge in [0.15, 0.2) is 0 Å². The number of amides is 1. The van der Waals surface area contributed by atoms with E-state index in [1.807, 2.05) is 5.48 Å². The van der Waals surface area contributed by atoms with Gasteiger partial charge >= 0.3 is 7.82 Å². The van der Waals surface area contributed by atoms with E-state index in [2.05, 4.69) is 9.36 Å². The van der Waals surface area contributed by atoms with Gasteiger partial charge in [0.1, 0.15) is 0 Å². The summed E-state index contributed by atoms with van der Waals surface area (Å²) in [7, 11) is -4.41. The number of hydroxylamine groups is 1. The molecule has 0 aliphatic heterocycles. The molecule has 7 nitrogen and oxygen atoms in total. The average Bonchev–Trinajstić information content (AvgIpc) is 1.85. The first-order chi connectivity index (χ1) is 5.06. The summed E-state index contributed by atoms with van der Waals surface area (Å²) in [6.07, 6.45) is 0.289. The van der Waals surface area contributed by atoms with Crippen LogP contribution in [0.4, 0.5) is 0 Å². The summed E-state index contributed by atoms with van der Waals surface area (Å²) in [6, 6.07) is 0. The summed E-state index contributed by atoms with van der Waals surface area (Å²) in [6.45, 7) is -0.408. The number of phosphoric ester groups is 1. The van der Waals surface area contributed by atoms with Gasteiger partial charge in [-0.3, -0.25) is 14.2 Å². The van der Waals surface area contributed by atoms with Gasteiger partial charge in [-0.05, 0) is 0 Å². The van der Waals surface area contributed by atoms with Crippen molar-refractivity contribution >= 4 is 14.2 Å². The van der Waals surface area contributed by atoms with Crippen molar-refractivity contribution in [2.45, 2.75) is 0 Å². The highest BCUT2D eigenvalue weighted by atomic mass is 31.2. The lowest BCUT2D eigenvalue weighted by molar-refractivity contribution is -0.121. The Labute approximate surface area is 62.5 Å². The molecule has 0 atom stereocenters. The molecule has 0 rings (SSSR count). The van der Waals surface area contributed by atoms with E-state index >= 15 is 0 Å². The SMILES string of the molecule is O=CNOCCOP(=O)(O)O. The summed E-state index contributed by atoms with van der Waals surface area (Å²) in [5.74, 6) is 0. The molecule has 0 fully saturated rings. The number of carbonyl (C=O) groups excluding carboxylic acids is 1. The summed E-state index contributed by atoms with van der Waals surface area (Å²) < 4.78 is 14.0. The Bertz CT molecular complexity index is 154. The van der Waals surface area contributed by atoms with Crippen LogP contribution in [-0.2, 0) is 18.7 Å². The lowest BCUT2D eigenvalue weighted by atomic mass is 10.8. The monoisotopic (exact) mass is 185 g/mol. The second kappa shape index (κ2) is 5.22. The smallest absolute Gasteiger partial charge is 0.303 e. The number of rotatable bonds is 6. The van der Waals surface area contributed by atoms with Crippen molar-refractivity contribution < 1.29 is 28.5 Å². The van der Waals surface area contributed by atoms with Crippen molar-refractivity contribution in [1.29, 1.82) is 0 Å². The van der Waals surface area contributed by atoms with Crippen molar-refractivity contribution in [3.63, 3.8) is 0 Å². The van der Waals surface area contributed by atoms with Gasteiger partial charge in [0.2, 0.25) is 6.41 Å². The van der Waals surface area contributed by atoms with E-state index in [4.69, 9.17) is 9.79 Å². The van der Waals surface area contributed by atoms with Gasteiger partial charge in [-0.1, -0.05) is 0 Å². The van der Waals surface area contributed by atoms with Gasteiger partial charge in [0, 0.05) is 0 Å². The molecule has 0 saturated carbocycles. The predicted octanol–water partition coefficient (Wildman–Crippen LogP) is -1.23. The second-order valence-corrected chi connectivity index (χ2v) is 2.65. The van der Waals surface area contributed by atoms with E-state index in [0.29, 0.717) is 0 Å². The average molecular weight is 185 g/mol. The second-order valence-electron chi connectivity index (χ2n) is 1.41. The Morgan fingerprint density at radius 1 is 1.45 bits per heavy atom. The Kier molecular flexibility index (Phi) is 5.01. The Balaban J connectivity index is 3.15. The first kappa shape index (κ1) is 10.5. The topological polar surface area (TPSA) is 105 Å². The van der Waals surface area contributed by atoms with Crippen LogP contribution in [0, 0.1) is 0 Å². The number of nitrogens with one attached hydrogen (secondary N) is 1. The van der Waals surface area contributed by atoms with E-state index in [9.17, 15) is 9.36 Å². The van der Waals surface area contributed by atoms with E-state index in [1.165, 1.54) is 0 Å². The highest BCUT2D eigenvalue weighted by Crippen LogP contribution is 2.35. The van der Waals surface area contributed by atoms with Crippen LogP contribution in [0.15, 0.2) is 0 Å². The molecule has 0 unspecified atom stereocenters. The molecule has 0 aliphatic rings. The summed E-state index contributed by atoms with van der Waals surface area (Å²) in [5, 5.41) is 0. The number of phosphoric acid groups is 1. The van der Waals surface area contributed by atoms with Crippen LogP contribution in [0.3, 0.4) is 0 Å². The number of hydrogen-bond donors (Lipinski definition) is 3. The van der Waals surface area contributed by atoms with Gasteiger partial charge in [-0.2, -0.15) is 0 Å². The number of hydrogen-bond acceptors (Lipinski definition) is 4. The van der Waals surface area contributed by atoms with E-state index < -0.39 is 7.82 Å². The summed E-state index contributed by atoms with van der Waals surface area (Å²) >= 11 is 0. The van der Waals surface area contributed by atoms with Gasteiger partial charge in [-0.25, -0.2) is 10.0 Å². The fourth-order valence-corrected chi connectivity index (χ4v) is 0.603. The molecule has 0 aromatic carbocycles. The zero-order valence-corrected chi connectivity index (χ0v) is 6.36. The molecule has 0 aliphatic carbocycles. The van der Waals surface area contributed by atoms with Crippen molar-refractivity contribution in [2.75, 3.05) is 13.2 Å². The summed E-state index contributed by atoms with van der Waals surface area (Å²) in [4.78, 5) is 30.1. The molecule has 0 aromatic heterocycles. The van der Waals surface area contributed by atoms with Crippen LogP contribution in [0.1, 0.15) is 0 Å². The molecule has 0 saturated heterocycles. The first-order valence-corrected chi connectivity index (χ1v) is 4.10. The zero-order chi connectivity index (χ0) is 8.74. The molecule has 0 aromatic rings. The highest BCUT2D eigenvalue weighted by molar-refractivity contribution is 7.46. The van der Waals surface area contributed by atoms with Gasteiger partial charge in [0.25, 0.3) is 0 Å². The first-order valence-electron chi connectivity index (χ1n) is 2.57. The highest BCUT2D eigenvalue weighted by Gasteiger charge is 2.12. The molecule has 0 spiro atoms. The van der Waals surface area contributed by atoms with Crippen LogP contribution in [0.2, 0.25) is 0 Å². The third-order valence-corrected chi connectivity index (χ3v) is 1.10. The lowest BCUT2D eigenvalue weighted by Crippen LogP contribution is -2.15. The Hall–Kier alpha value is -0.460. The maximum absolute atomic E-state index is 9.99. The molecular weight excluding hydrogens is 177 g/mol. The molecule has 3 N–H and O–H groups in total. The van der Waals surface area contributed by atoms with Crippen molar-refractivity contribution in [3.8, 4) is 0 Å². The minimum Gasteiger partial charge on any atom is -0.303 e. The maximum atomic E-state index is 9.99. The number of carbonyl (C=O) groups is 1. The van der Waals surface area contributed by atoms with E-state index in [0.717, 1.165) is 0 Å². The largest absolute Gasteiger partial charge is 0.469 e. The summed E-state index contributed by atoms with van der Waals surface area (Å²) in [5.41, 5.74) is 1.82. The molecular formula is C3H8NO6P. The minimum atomic E-state index is -4.41. The van der Waals surface area contributed by atoms with Crippen LogP contribution in [-0.4, -0.2) is 29.4 Å².